The molecule has 4 heteroatoms. The smallest absolute Gasteiger partial charge is 0.235 e. The lowest BCUT2D eigenvalue weighted by Gasteiger charge is -2.04. The van der Waals surface area contributed by atoms with Crippen LogP contribution in [0.3, 0.4) is 0 Å². The van der Waals surface area contributed by atoms with E-state index in [0.717, 1.165) is 12.1 Å². The summed E-state index contributed by atoms with van der Waals surface area (Å²) in [4.78, 5) is 8.34. The van der Waals surface area contributed by atoms with Gasteiger partial charge in [-0.1, -0.05) is 13.8 Å². The van der Waals surface area contributed by atoms with E-state index in [1.54, 1.807) is 6.20 Å². The van der Waals surface area contributed by atoms with Crippen molar-refractivity contribution in [3.8, 4) is 0 Å². The maximum atomic E-state index is 5.83. The van der Waals surface area contributed by atoms with E-state index in [4.69, 9.17) is 5.73 Å². The highest BCUT2D eigenvalue weighted by atomic mass is 15.1. The third kappa shape index (κ3) is 1.43. The van der Waals surface area contributed by atoms with E-state index in [2.05, 4.69) is 23.8 Å². The van der Waals surface area contributed by atoms with Crippen molar-refractivity contribution in [3.63, 3.8) is 0 Å². The third-order valence-electron chi connectivity index (χ3n) is 2.14. The predicted octanol–water partition coefficient (Wildman–Crippen LogP) is 1.51. The fourth-order valence-electron chi connectivity index (χ4n) is 1.54. The van der Waals surface area contributed by atoms with E-state index in [-0.39, 0.29) is 0 Å². The molecule has 74 valence electrons. The first-order chi connectivity index (χ1) is 6.68. The molecule has 0 bridgehead atoms. The van der Waals surface area contributed by atoms with E-state index in [9.17, 15) is 0 Å². The average Bonchev–Trinajstić information content (AvgIpc) is 2.43. The molecule has 0 aliphatic rings. The molecule has 0 unspecified atom stereocenters. The average molecular weight is 190 g/mol. The Kier molecular flexibility index (Phi) is 2.11. The summed E-state index contributed by atoms with van der Waals surface area (Å²) in [6.07, 6.45) is 4.60. The van der Waals surface area contributed by atoms with Gasteiger partial charge in [0.05, 0.1) is 5.69 Å². The van der Waals surface area contributed by atoms with Gasteiger partial charge in [-0.25, -0.2) is 4.98 Å². The zero-order valence-electron chi connectivity index (χ0n) is 8.44. The molecule has 2 aromatic rings. The van der Waals surface area contributed by atoms with Crippen molar-refractivity contribution in [3.05, 3.63) is 24.2 Å². The zero-order valence-corrected chi connectivity index (χ0v) is 8.44. The van der Waals surface area contributed by atoms with Gasteiger partial charge in [0.2, 0.25) is 5.78 Å². The third-order valence-corrected chi connectivity index (χ3v) is 2.14. The first-order valence-corrected chi connectivity index (χ1v) is 4.76. The SMILES string of the molecule is CC(C)Cc1c(N)nc2ncccn12. The van der Waals surface area contributed by atoms with Crippen molar-refractivity contribution >= 4 is 11.6 Å². The van der Waals surface area contributed by atoms with Gasteiger partial charge in [-0.3, -0.25) is 4.40 Å². The van der Waals surface area contributed by atoms with Crippen molar-refractivity contribution in [2.75, 3.05) is 5.73 Å². The molecule has 4 nitrogen and oxygen atoms in total. The summed E-state index contributed by atoms with van der Waals surface area (Å²) in [6, 6.07) is 1.89. The number of aromatic nitrogens is 3. The Balaban J connectivity index is 2.56. The Hall–Kier alpha value is -1.58. The van der Waals surface area contributed by atoms with Crippen LogP contribution in [-0.2, 0) is 6.42 Å². The highest BCUT2D eigenvalue weighted by Gasteiger charge is 2.10. The Morgan fingerprint density at radius 1 is 1.50 bits per heavy atom. The Bertz CT molecular complexity index is 444. The summed E-state index contributed by atoms with van der Waals surface area (Å²) in [5.41, 5.74) is 6.89. The maximum absolute atomic E-state index is 5.83. The summed E-state index contributed by atoms with van der Waals surface area (Å²) in [5.74, 6) is 1.84. The molecule has 14 heavy (non-hydrogen) atoms. The largest absolute Gasteiger partial charge is 0.382 e. The first kappa shape index (κ1) is 8.99. The molecule has 2 rings (SSSR count). The number of hydrogen-bond donors (Lipinski definition) is 1. The Morgan fingerprint density at radius 3 is 3.00 bits per heavy atom. The molecule has 0 aliphatic heterocycles. The lowest BCUT2D eigenvalue weighted by molar-refractivity contribution is 0.633. The van der Waals surface area contributed by atoms with E-state index < -0.39 is 0 Å². The molecule has 0 aliphatic carbocycles. The molecule has 0 amide bonds. The van der Waals surface area contributed by atoms with Crippen LogP contribution in [0.4, 0.5) is 5.82 Å². The lowest BCUT2D eigenvalue weighted by Crippen LogP contribution is -2.01. The predicted molar refractivity (Wildman–Crippen MR) is 55.9 cm³/mol. The minimum atomic E-state index is 0.567. The second kappa shape index (κ2) is 3.29. The molecule has 0 saturated heterocycles. The molecule has 0 radical (unpaired) electrons. The molecule has 2 aromatic heterocycles. The van der Waals surface area contributed by atoms with Gasteiger partial charge in [0.25, 0.3) is 0 Å². The molecule has 0 aromatic carbocycles. The van der Waals surface area contributed by atoms with Crippen LogP contribution in [-0.4, -0.2) is 14.4 Å². The lowest BCUT2D eigenvalue weighted by atomic mass is 10.1. The molecule has 2 N–H and O–H groups in total. The van der Waals surface area contributed by atoms with Gasteiger partial charge in [-0.2, -0.15) is 4.98 Å². The van der Waals surface area contributed by atoms with Crippen molar-refractivity contribution in [1.82, 2.24) is 14.4 Å². The highest BCUT2D eigenvalue weighted by Crippen LogP contribution is 2.16. The molecular formula is C10H14N4. The molecular weight excluding hydrogens is 176 g/mol. The number of nitrogen functional groups attached to an aromatic ring is 1. The van der Waals surface area contributed by atoms with Crippen molar-refractivity contribution in [1.29, 1.82) is 0 Å². The van der Waals surface area contributed by atoms with Gasteiger partial charge >= 0.3 is 0 Å². The van der Waals surface area contributed by atoms with E-state index in [1.165, 1.54) is 0 Å². The fourth-order valence-corrected chi connectivity index (χ4v) is 1.54. The zero-order chi connectivity index (χ0) is 10.1. The van der Waals surface area contributed by atoms with Crippen LogP contribution in [0.5, 0.6) is 0 Å². The van der Waals surface area contributed by atoms with Gasteiger partial charge in [-0.15, -0.1) is 0 Å². The summed E-state index contributed by atoms with van der Waals surface area (Å²) in [6.45, 7) is 4.32. The fraction of sp³-hybridized carbons (Fsp3) is 0.400. The first-order valence-electron chi connectivity index (χ1n) is 4.76. The van der Waals surface area contributed by atoms with Crippen molar-refractivity contribution in [2.24, 2.45) is 5.92 Å². The van der Waals surface area contributed by atoms with Gasteiger partial charge in [0, 0.05) is 12.4 Å². The van der Waals surface area contributed by atoms with Crippen LogP contribution < -0.4 is 5.73 Å². The Labute approximate surface area is 82.8 Å². The maximum Gasteiger partial charge on any atom is 0.235 e. The molecule has 0 saturated carbocycles. The van der Waals surface area contributed by atoms with E-state index in [1.807, 2.05) is 16.7 Å². The van der Waals surface area contributed by atoms with Gasteiger partial charge < -0.3 is 5.73 Å². The van der Waals surface area contributed by atoms with Crippen LogP contribution in [0.25, 0.3) is 5.78 Å². The number of anilines is 1. The summed E-state index contributed by atoms with van der Waals surface area (Å²) in [5, 5.41) is 0. The minimum Gasteiger partial charge on any atom is -0.382 e. The Morgan fingerprint density at radius 2 is 2.29 bits per heavy atom. The molecule has 0 spiro atoms. The topological polar surface area (TPSA) is 56.2 Å². The number of hydrogen-bond acceptors (Lipinski definition) is 3. The monoisotopic (exact) mass is 190 g/mol. The standard InChI is InChI=1S/C10H14N4/c1-7(2)6-8-9(11)13-10-12-4-3-5-14(8)10/h3-5,7H,6,11H2,1-2H3. The molecule has 0 atom stereocenters. The summed E-state index contributed by atoms with van der Waals surface area (Å²) < 4.78 is 1.95. The number of imidazole rings is 1. The van der Waals surface area contributed by atoms with Crippen LogP contribution in [0.2, 0.25) is 0 Å². The molecule has 2 heterocycles. The van der Waals surface area contributed by atoms with E-state index in [0.29, 0.717) is 17.5 Å². The van der Waals surface area contributed by atoms with Crippen LogP contribution in [0.15, 0.2) is 18.5 Å². The quantitative estimate of drug-likeness (QED) is 0.781. The van der Waals surface area contributed by atoms with E-state index >= 15 is 0 Å². The number of nitrogens with two attached hydrogens (primary N) is 1. The van der Waals surface area contributed by atoms with Gasteiger partial charge in [-0.05, 0) is 18.4 Å². The normalized spacial score (nSPS) is 11.4. The molecule has 0 fully saturated rings. The van der Waals surface area contributed by atoms with Crippen LogP contribution in [0.1, 0.15) is 19.5 Å². The highest BCUT2D eigenvalue weighted by molar-refractivity contribution is 5.47. The van der Waals surface area contributed by atoms with Gasteiger partial charge in [0.1, 0.15) is 5.82 Å². The minimum absolute atomic E-state index is 0.567. The van der Waals surface area contributed by atoms with Crippen molar-refractivity contribution < 1.29 is 0 Å². The summed E-state index contributed by atoms with van der Waals surface area (Å²) in [7, 11) is 0. The van der Waals surface area contributed by atoms with Gasteiger partial charge in [0.15, 0.2) is 0 Å². The number of nitrogens with zero attached hydrogens (tertiary/aromatic N) is 3. The second-order valence-electron chi connectivity index (χ2n) is 3.83. The second-order valence-corrected chi connectivity index (χ2v) is 3.83. The number of rotatable bonds is 2. The van der Waals surface area contributed by atoms with Crippen molar-refractivity contribution in [2.45, 2.75) is 20.3 Å². The van der Waals surface area contributed by atoms with Crippen LogP contribution in [0, 0.1) is 5.92 Å². The van der Waals surface area contributed by atoms with Crippen LogP contribution >= 0.6 is 0 Å². The summed E-state index contributed by atoms with van der Waals surface area (Å²) >= 11 is 0. The number of fused-ring (bicyclic) bond motifs is 1.